The van der Waals surface area contributed by atoms with Crippen LogP contribution in [0.25, 0.3) is 16.7 Å². The normalized spacial score (nSPS) is 10.9. The number of ether oxygens (including phenoxy) is 1. The lowest BCUT2D eigenvalue weighted by molar-refractivity contribution is -0.385. The summed E-state index contributed by atoms with van der Waals surface area (Å²) >= 11 is 6.05. The summed E-state index contributed by atoms with van der Waals surface area (Å²) in [6, 6.07) is 11.8. The van der Waals surface area contributed by atoms with Gasteiger partial charge < -0.3 is 4.74 Å². The van der Waals surface area contributed by atoms with Crippen molar-refractivity contribution in [2.75, 3.05) is 0 Å². The number of benzene rings is 2. The molecular weight excluding hydrogens is 370 g/mol. The fraction of sp³-hybridized carbons (Fsp3) is 0.0556. The standard InChI is InChI=1S/C18H12ClN5O3/c1-11-7-14(5-6-16(11)24(25)26)27-18-15-9-22-23(17(15)20-10-21-18)13-4-2-3-12(19)8-13/h2-10H,1H3. The first kappa shape index (κ1) is 16.9. The Morgan fingerprint density at radius 3 is 2.78 bits per heavy atom. The van der Waals surface area contributed by atoms with Crippen LogP contribution >= 0.6 is 11.6 Å². The molecule has 134 valence electrons. The molecule has 0 fully saturated rings. The van der Waals surface area contributed by atoms with Crippen LogP contribution in [0.2, 0.25) is 5.02 Å². The smallest absolute Gasteiger partial charge is 0.272 e. The molecule has 0 aliphatic rings. The molecular formula is C18H12ClN5O3. The van der Waals surface area contributed by atoms with Crippen molar-refractivity contribution >= 4 is 28.3 Å². The Bertz CT molecular complexity index is 1170. The quantitative estimate of drug-likeness (QED) is 0.382. The average Bonchev–Trinajstić information content (AvgIpc) is 3.07. The van der Waals surface area contributed by atoms with E-state index < -0.39 is 4.92 Å². The van der Waals surface area contributed by atoms with Crippen LogP contribution in [-0.4, -0.2) is 24.7 Å². The molecule has 0 saturated carbocycles. The van der Waals surface area contributed by atoms with Gasteiger partial charge in [0.25, 0.3) is 5.69 Å². The van der Waals surface area contributed by atoms with Crippen LogP contribution in [0.4, 0.5) is 5.69 Å². The molecule has 0 spiro atoms. The predicted molar refractivity (Wildman–Crippen MR) is 99.6 cm³/mol. The van der Waals surface area contributed by atoms with Crippen LogP contribution in [0, 0.1) is 17.0 Å². The van der Waals surface area contributed by atoms with E-state index in [-0.39, 0.29) is 5.69 Å². The average molecular weight is 382 g/mol. The molecule has 0 amide bonds. The number of aryl methyl sites for hydroxylation is 1. The molecule has 0 bridgehead atoms. The molecule has 9 heteroatoms. The number of hydrogen-bond donors (Lipinski definition) is 0. The summed E-state index contributed by atoms with van der Waals surface area (Å²) in [7, 11) is 0. The molecule has 8 nitrogen and oxygen atoms in total. The molecule has 0 unspecified atom stereocenters. The number of nitro groups is 1. The number of hydrogen-bond acceptors (Lipinski definition) is 6. The van der Waals surface area contributed by atoms with Gasteiger partial charge in [-0.25, -0.2) is 14.6 Å². The fourth-order valence-corrected chi connectivity index (χ4v) is 2.89. The molecule has 0 atom stereocenters. The highest BCUT2D eigenvalue weighted by atomic mass is 35.5. The van der Waals surface area contributed by atoms with Crippen LogP contribution in [-0.2, 0) is 0 Å². The lowest BCUT2D eigenvalue weighted by Gasteiger charge is -2.07. The van der Waals surface area contributed by atoms with Gasteiger partial charge in [0.15, 0.2) is 5.65 Å². The largest absolute Gasteiger partial charge is 0.438 e. The first-order valence-corrected chi connectivity index (χ1v) is 8.28. The first-order chi connectivity index (χ1) is 13.0. The van der Waals surface area contributed by atoms with Crippen LogP contribution in [0.5, 0.6) is 11.6 Å². The molecule has 0 saturated heterocycles. The van der Waals surface area contributed by atoms with Gasteiger partial charge in [0.2, 0.25) is 5.88 Å². The van der Waals surface area contributed by atoms with Crippen LogP contribution in [0.15, 0.2) is 55.0 Å². The van der Waals surface area contributed by atoms with Crippen LogP contribution in [0.1, 0.15) is 5.56 Å². The van der Waals surface area contributed by atoms with Crippen molar-refractivity contribution in [1.82, 2.24) is 19.7 Å². The van der Waals surface area contributed by atoms with Gasteiger partial charge >= 0.3 is 0 Å². The van der Waals surface area contributed by atoms with Crippen LogP contribution in [0.3, 0.4) is 0 Å². The molecule has 4 rings (SSSR count). The van der Waals surface area contributed by atoms with E-state index in [0.717, 1.165) is 5.69 Å². The Labute approximate surface area is 158 Å². The summed E-state index contributed by atoms with van der Waals surface area (Å²) in [6.07, 6.45) is 2.97. The zero-order valence-corrected chi connectivity index (χ0v) is 14.8. The minimum Gasteiger partial charge on any atom is -0.438 e. The van der Waals surface area contributed by atoms with E-state index in [1.165, 1.54) is 18.5 Å². The van der Waals surface area contributed by atoms with E-state index in [0.29, 0.717) is 33.2 Å². The second kappa shape index (κ2) is 6.65. The second-order valence-corrected chi connectivity index (χ2v) is 6.20. The highest BCUT2D eigenvalue weighted by Crippen LogP contribution is 2.30. The van der Waals surface area contributed by atoms with E-state index in [1.54, 1.807) is 36.0 Å². The Hall–Kier alpha value is -3.52. The summed E-state index contributed by atoms with van der Waals surface area (Å²) in [5.41, 5.74) is 1.84. The number of nitrogens with zero attached hydrogens (tertiary/aromatic N) is 5. The summed E-state index contributed by atoms with van der Waals surface area (Å²) < 4.78 is 7.46. The molecule has 2 aromatic carbocycles. The molecule has 0 aliphatic heterocycles. The van der Waals surface area contributed by atoms with Crippen LogP contribution < -0.4 is 4.74 Å². The van der Waals surface area contributed by atoms with Gasteiger partial charge in [-0.3, -0.25) is 10.1 Å². The number of fused-ring (bicyclic) bond motifs is 1. The van der Waals surface area contributed by atoms with Crippen molar-refractivity contribution in [3.63, 3.8) is 0 Å². The van der Waals surface area contributed by atoms with Gasteiger partial charge in [0, 0.05) is 16.7 Å². The minimum absolute atomic E-state index is 0.0314. The van der Waals surface area contributed by atoms with Crippen molar-refractivity contribution in [2.24, 2.45) is 0 Å². The maximum atomic E-state index is 11.0. The van der Waals surface area contributed by atoms with E-state index in [2.05, 4.69) is 15.1 Å². The summed E-state index contributed by atoms with van der Waals surface area (Å²) in [5, 5.41) is 16.5. The summed E-state index contributed by atoms with van der Waals surface area (Å²) in [4.78, 5) is 19.0. The Morgan fingerprint density at radius 1 is 1.19 bits per heavy atom. The first-order valence-electron chi connectivity index (χ1n) is 7.90. The third-order valence-electron chi connectivity index (χ3n) is 3.96. The number of rotatable bonds is 4. The number of nitro benzene ring substituents is 1. The molecule has 0 aliphatic carbocycles. The lowest BCUT2D eigenvalue weighted by atomic mass is 10.2. The Balaban J connectivity index is 1.74. The molecule has 0 N–H and O–H groups in total. The van der Waals surface area contributed by atoms with Gasteiger partial charge in [0.1, 0.15) is 17.5 Å². The summed E-state index contributed by atoms with van der Waals surface area (Å²) in [6.45, 7) is 1.65. The highest BCUT2D eigenvalue weighted by molar-refractivity contribution is 6.30. The van der Waals surface area contributed by atoms with Crippen molar-refractivity contribution in [2.45, 2.75) is 6.92 Å². The third-order valence-corrected chi connectivity index (χ3v) is 4.20. The zero-order chi connectivity index (χ0) is 19.0. The van der Waals surface area contributed by atoms with Crippen molar-refractivity contribution in [3.8, 4) is 17.3 Å². The maximum absolute atomic E-state index is 11.0. The van der Waals surface area contributed by atoms with Gasteiger partial charge in [0.05, 0.1) is 16.8 Å². The molecule has 4 aromatic rings. The second-order valence-electron chi connectivity index (χ2n) is 5.76. The number of halogens is 1. The zero-order valence-electron chi connectivity index (χ0n) is 14.0. The fourth-order valence-electron chi connectivity index (χ4n) is 2.71. The van der Waals surface area contributed by atoms with Crippen molar-refractivity contribution < 1.29 is 9.66 Å². The lowest BCUT2D eigenvalue weighted by Crippen LogP contribution is -1.98. The Kier molecular flexibility index (Phi) is 4.17. The maximum Gasteiger partial charge on any atom is 0.272 e. The van der Waals surface area contributed by atoms with Gasteiger partial charge in [-0.1, -0.05) is 17.7 Å². The van der Waals surface area contributed by atoms with E-state index in [9.17, 15) is 10.1 Å². The SMILES string of the molecule is Cc1cc(Oc2ncnc3c2cnn3-c2cccc(Cl)c2)ccc1[N+](=O)[O-]. The van der Waals surface area contributed by atoms with Crippen molar-refractivity contribution in [3.05, 3.63) is 75.7 Å². The van der Waals surface area contributed by atoms with E-state index in [4.69, 9.17) is 16.3 Å². The monoisotopic (exact) mass is 381 g/mol. The minimum atomic E-state index is -0.434. The van der Waals surface area contributed by atoms with Gasteiger partial charge in [-0.05, 0) is 37.3 Å². The van der Waals surface area contributed by atoms with E-state index in [1.807, 2.05) is 12.1 Å². The molecule has 2 heterocycles. The van der Waals surface area contributed by atoms with Crippen molar-refractivity contribution in [1.29, 1.82) is 0 Å². The molecule has 2 aromatic heterocycles. The van der Waals surface area contributed by atoms with Gasteiger partial charge in [-0.15, -0.1) is 0 Å². The topological polar surface area (TPSA) is 96.0 Å². The third kappa shape index (κ3) is 3.18. The Morgan fingerprint density at radius 2 is 2.04 bits per heavy atom. The molecule has 27 heavy (non-hydrogen) atoms. The summed E-state index contributed by atoms with van der Waals surface area (Å²) in [5.74, 6) is 0.745. The van der Waals surface area contributed by atoms with Gasteiger partial charge in [-0.2, -0.15) is 5.10 Å². The van der Waals surface area contributed by atoms with E-state index >= 15 is 0 Å². The highest BCUT2D eigenvalue weighted by Gasteiger charge is 2.15. The predicted octanol–water partition coefficient (Wildman–Crippen LogP) is 4.48. The molecule has 0 radical (unpaired) electrons. The number of aromatic nitrogens is 4.